The van der Waals surface area contributed by atoms with Crippen molar-refractivity contribution in [3.05, 3.63) is 69.4 Å². The van der Waals surface area contributed by atoms with Crippen LogP contribution in [0.3, 0.4) is 0 Å². The molecule has 4 N–H and O–H groups in total. The lowest BCUT2D eigenvalue weighted by Crippen LogP contribution is -2.82. The Balaban J connectivity index is 1.27. The summed E-state index contributed by atoms with van der Waals surface area (Å²) in [7, 11) is 0. The molecule has 4 saturated carbocycles. The minimum absolute atomic E-state index is 0.0377. The summed E-state index contributed by atoms with van der Waals surface area (Å²) in [5, 5.41) is 41.9. The first-order chi connectivity index (χ1) is 29.3. The number of aliphatic hydroxyl groups excluding tert-OH is 2. The monoisotopic (exact) mass is 879 g/mol. The van der Waals surface area contributed by atoms with Gasteiger partial charge in [0.2, 0.25) is 0 Å². The van der Waals surface area contributed by atoms with E-state index >= 15 is 4.79 Å². The second-order valence-corrected chi connectivity index (χ2v) is 19.3. The fraction of sp³-hybridized carbons (Fsp3) is 0.600. The lowest BCUT2D eigenvalue weighted by atomic mass is 9.44. The van der Waals surface area contributed by atoms with Gasteiger partial charge >= 0.3 is 30.0 Å². The van der Waals surface area contributed by atoms with Gasteiger partial charge in [-0.2, -0.15) is 0 Å². The molecule has 1 aromatic carbocycles. The molecule has 16 nitrogen and oxygen atoms in total. The van der Waals surface area contributed by atoms with E-state index in [-0.39, 0.29) is 35.8 Å². The second kappa shape index (κ2) is 16.1. The van der Waals surface area contributed by atoms with E-state index in [1.165, 1.54) is 30.4 Å². The quantitative estimate of drug-likeness (QED) is 0.142. The summed E-state index contributed by atoms with van der Waals surface area (Å²) in [6.07, 6.45) is -8.17. The molecule has 2 heterocycles. The van der Waals surface area contributed by atoms with Crippen molar-refractivity contribution in [3.8, 4) is 0 Å². The number of ether oxygens (including phenoxy) is 6. The van der Waals surface area contributed by atoms with Crippen molar-refractivity contribution in [1.82, 2.24) is 5.32 Å². The molecule has 1 aliphatic heterocycles. The summed E-state index contributed by atoms with van der Waals surface area (Å²) in [5.74, 6) is -6.45. The van der Waals surface area contributed by atoms with Gasteiger partial charge in [0.1, 0.15) is 36.1 Å². The third-order valence-corrected chi connectivity index (χ3v) is 15.3. The van der Waals surface area contributed by atoms with E-state index in [1.807, 2.05) is 0 Å². The molecule has 5 aliphatic carbocycles. The maximum absolute atomic E-state index is 15.7. The lowest BCUT2D eigenvalue weighted by Gasteiger charge is -2.67. The standard InChI is InChI=1S/C45H53NO15S/c1-22-27(58-40(53)33(49)32(28-15-10-18-62-28)46-41(54)57-26-13-9-14-26)20-45(55)37(60-39(52)24-11-7-6-8-12-24)35-43(5,29(48)19-30-44(35,21-56-30)61-23(2)47)36(50)34(31(22)42(45,3)4)59-38(51)25-16-17-25/h6-8,10-12,15,18,25-27,29-30,32-35,37,48-49,55H,9,13-14,16-17,19-21H2,1-5H3,(H,46,54)/t27-,29-,30+,32-,33+,34+,35?,37-,43+,44-,45+/m0/s1. The average molecular weight is 880 g/mol. The molecule has 0 spiro atoms. The Labute approximate surface area is 362 Å². The number of carbonyl (C=O) groups excluding carboxylic acids is 6. The predicted molar refractivity (Wildman–Crippen MR) is 216 cm³/mol. The Morgan fingerprint density at radius 2 is 1.66 bits per heavy atom. The van der Waals surface area contributed by atoms with Crippen LogP contribution in [0.5, 0.6) is 0 Å². The fourth-order valence-corrected chi connectivity index (χ4v) is 11.1. The van der Waals surface area contributed by atoms with Crippen LogP contribution in [-0.4, -0.2) is 112 Å². The van der Waals surface area contributed by atoms with Crippen LogP contribution in [-0.2, 0) is 47.6 Å². The maximum atomic E-state index is 15.7. The number of thiophene rings is 1. The molecule has 1 aromatic heterocycles. The first-order valence-corrected chi connectivity index (χ1v) is 22.0. The highest BCUT2D eigenvalue weighted by molar-refractivity contribution is 7.10. The lowest BCUT2D eigenvalue weighted by molar-refractivity contribution is -0.346. The summed E-state index contributed by atoms with van der Waals surface area (Å²) in [6, 6.07) is 9.88. The van der Waals surface area contributed by atoms with Crippen LogP contribution in [0.15, 0.2) is 59.0 Å². The van der Waals surface area contributed by atoms with Gasteiger partial charge < -0.3 is 49.1 Å². The van der Waals surface area contributed by atoms with Gasteiger partial charge in [0, 0.05) is 30.1 Å². The molecule has 62 heavy (non-hydrogen) atoms. The first-order valence-electron chi connectivity index (χ1n) is 21.2. The molecule has 1 saturated heterocycles. The molecule has 2 bridgehead atoms. The number of hydrogen-bond donors (Lipinski definition) is 4. The predicted octanol–water partition coefficient (Wildman–Crippen LogP) is 4.04. The van der Waals surface area contributed by atoms with Gasteiger partial charge in [-0.15, -0.1) is 11.3 Å². The van der Waals surface area contributed by atoms with Crippen molar-refractivity contribution in [1.29, 1.82) is 0 Å². The zero-order chi connectivity index (χ0) is 44.5. The van der Waals surface area contributed by atoms with Gasteiger partial charge in [0.15, 0.2) is 23.6 Å². The second-order valence-electron chi connectivity index (χ2n) is 18.3. The van der Waals surface area contributed by atoms with Gasteiger partial charge in [-0.1, -0.05) is 38.1 Å². The molecule has 1 amide bonds. The van der Waals surface area contributed by atoms with E-state index in [1.54, 1.807) is 56.5 Å². The fourth-order valence-electron chi connectivity index (χ4n) is 10.3. The number of amides is 1. The Hall–Kier alpha value is -4.68. The summed E-state index contributed by atoms with van der Waals surface area (Å²) >= 11 is 1.17. The summed E-state index contributed by atoms with van der Waals surface area (Å²) in [5.41, 5.74) is -7.49. The third-order valence-electron chi connectivity index (χ3n) is 14.3. The molecule has 6 aliphatic rings. The SMILES string of the molecule is CC(=O)O[C@@]12CO[C@@H]1C[C@H](O)[C@@]1(C)C(=O)[C@H](OC(=O)C3CC3)C3=C(C)[C@@H](OC(=O)[C@H](O)[C@@H](NC(=O)OC4CCC4)c4cccs4)C[C@@](O)([C@@H](OC(=O)c4ccccc4)C12)C3(C)C. The highest BCUT2D eigenvalue weighted by Crippen LogP contribution is 2.64. The Morgan fingerprint density at radius 1 is 0.952 bits per heavy atom. The summed E-state index contributed by atoms with van der Waals surface area (Å²) < 4.78 is 36.1. The maximum Gasteiger partial charge on any atom is 0.408 e. The van der Waals surface area contributed by atoms with Crippen LogP contribution in [0.4, 0.5) is 4.79 Å². The summed E-state index contributed by atoms with van der Waals surface area (Å²) in [4.78, 5) is 84.4. The van der Waals surface area contributed by atoms with Gasteiger partial charge in [-0.05, 0) is 80.7 Å². The van der Waals surface area contributed by atoms with Gasteiger partial charge in [0.05, 0.1) is 35.5 Å². The van der Waals surface area contributed by atoms with Crippen LogP contribution >= 0.6 is 11.3 Å². The van der Waals surface area contributed by atoms with E-state index in [0.717, 1.165) is 13.3 Å². The Morgan fingerprint density at radius 3 is 2.24 bits per heavy atom. The van der Waals surface area contributed by atoms with Crippen LogP contribution < -0.4 is 5.32 Å². The number of esters is 4. The van der Waals surface area contributed by atoms with Crippen molar-refractivity contribution in [2.24, 2.45) is 22.7 Å². The zero-order valence-corrected chi connectivity index (χ0v) is 36.0. The number of fused-ring (bicyclic) bond motifs is 5. The zero-order valence-electron chi connectivity index (χ0n) is 35.2. The summed E-state index contributed by atoms with van der Waals surface area (Å²) in [6.45, 7) is 7.03. The van der Waals surface area contributed by atoms with Crippen LogP contribution in [0.2, 0.25) is 0 Å². The average Bonchev–Trinajstić information content (AvgIpc) is 3.93. The van der Waals surface area contributed by atoms with E-state index in [9.17, 15) is 39.3 Å². The first kappa shape index (κ1) is 43.9. The van der Waals surface area contributed by atoms with Crippen molar-refractivity contribution in [2.45, 2.75) is 140 Å². The number of carbonyl (C=O) groups is 6. The van der Waals surface area contributed by atoms with E-state index in [2.05, 4.69) is 5.32 Å². The van der Waals surface area contributed by atoms with Crippen molar-refractivity contribution >= 4 is 47.1 Å². The minimum Gasteiger partial charge on any atom is -0.456 e. The molecule has 334 valence electrons. The molecular formula is C45H53NO15S. The van der Waals surface area contributed by atoms with E-state index in [4.69, 9.17) is 28.4 Å². The third kappa shape index (κ3) is 7.22. The minimum atomic E-state index is -2.37. The van der Waals surface area contributed by atoms with Crippen molar-refractivity contribution < 1.29 is 72.5 Å². The largest absolute Gasteiger partial charge is 0.456 e. The Kier molecular flexibility index (Phi) is 11.4. The molecule has 8 rings (SSSR count). The number of ketones is 1. The van der Waals surface area contributed by atoms with E-state index < -0.39 is 119 Å². The number of benzene rings is 1. The molecule has 2 aromatic rings. The van der Waals surface area contributed by atoms with E-state index in [0.29, 0.717) is 30.6 Å². The van der Waals surface area contributed by atoms with Gasteiger partial charge in [0.25, 0.3) is 0 Å². The van der Waals surface area contributed by atoms with Crippen LogP contribution in [0.1, 0.15) is 101 Å². The normalized spacial score (nSPS) is 34.5. The van der Waals surface area contributed by atoms with Crippen LogP contribution in [0, 0.1) is 22.7 Å². The number of nitrogens with one attached hydrogen (secondary N) is 1. The molecular weight excluding hydrogens is 827 g/mol. The number of alkyl carbamates (subject to hydrolysis) is 1. The van der Waals surface area contributed by atoms with Crippen molar-refractivity contribution in [3.63, 3.8) is 0 Å². The van der Waals surface area contributed by atoms with Gasteiger partial charge in [-0.25, -0.2) is 14.4 Å². The van der Waals surface area contributed by atoms with Crippen molar-refractivity contribution in [2.75, 3.05) is 6.61 Å². The number of aliphatic hydroxyl groups is 3. The highest BCUT2D eigenvalue weighted by atomic mass is 32.1. The molecule has 1 unspecified atom stereocenters. The topological polar surface area (TPSA) is 231 Å². The molecule has 0 radical (unpaired) electrons. The molecule has 11 atom stereocenters. The number of rotatable bonds is 11. The number of Topliss-reactive ketones (excluding diaryl/α,β-unsaturated/α-hetero) is 1. The molecule has 5 fully saturated rings. The van der Waals surface area contributed by atoms with Crippen LogP contribution in [0.25, 0.3) is 0 Å². The molecule has 17 heteroatoms. The van der Waals surface area contributed by atoms with Gasteiger partial charge in [-0.3, -0.25) is 14.4 Å². The number of hydrogen-bond acceptors (Lipinski definition) is 16. The Bertz CT molecular complexity index is 2150. The smallest absolute Gasteiger partial charge is 0.408 e. The highest BCUT2D eigenvalue weighted by Gasteiger charge is 2.78.